The Hall–Kier alpha value is -1.21. The second-order valence-corrected chi connectivity index (χ2v) is 11.4. The molecule has 0 aromatic carbocycles. The summed E-state index contributed by atoms with van der Waals surface area (Å²) in [7, 11) is -2.72. The van der Waals surface area contributed by atoms with Gasteiger partial charge in [-0.15, -0.1) is 13.2 Å². The number of nitrogens with one attached hydrogen (secondary N) is 1. The molecule has 1 N–H and O–H groups in total. The number of ether oxygens (including phenoxy) is 3. The van der Waals surface area contributed by atoms with Crippen molar-refractivity contribution in [3.8, 4) is 0 Å². The van der Waals surface area contributed by atoms with Gasteiger partial charge in [-0.1, -0.05) is 30.8 Å². The minimum atomic E-state index is -2.72. The third kappa shape index (κ3) is 15.5. The highest BCUT2D eigenvalue weighted by molar-refractivity contribution is 8.14. The van der Waals surface area contributed by atoms with Crippen molar-refractivity contribution in [3.63, 3.8) is 0 Å². The Bertz CT molecular complexity index is 577. The Morgan fingerprint density at radius 3 is 1.91 bits per heavy atom. The molecule has 1 amide bonds. The lowest BCUT2D eigenvalue weighted by molar-refractivity contribution is -0.148. The Balaban J connectivity index is 4.50. The Labute approximate surface area is 216 Å². The van der Waals surface area contributed by atoms with Gasteiger partial charge in [0.2, 0.25) is 0 Å². The first kappa shape index (κ1) is 33.8. The predicted octanol–water partition coefficient (Wildman–Crippen LogP) is 4.21. The third-order valence-corrected chi connectivity index (χ3v) is 8.86. The van der Waals surface area contributed by atoms with E-state index in [1.807, 2.05) is 27.7 Å². The van der Waals surface area contributed by atoms with Crippen LogP contribution in [0.3, 0.4) is 0 Å². The second-order valence-electron chi connectivity index (χ2n) is 7.71. The van der Waals surface area contributed by atoms with Gasteiger partial charge in [-0.25, -0.2) is 0 Å². The Morgan fingerprint density at radius 1 is 0.914 bits per heavy atom. The van der Waals surface area contributed by atoms with E-state index in [-0.39, 0.29) is 17.6 Å². The van der Waals surface area contributed by atoms with Gasteiger partial charge in [0, 0.05) is 32.4 Å². The molecule has 35 heavy (non-hydrogen) atoms. The highest BCUT2D eigenvalue weighted by atomic mass is 32.2. The van der Waals surface area contributed by atoms with Gasteiger partial charge >= 0.3 is 14.8 Å². The molecular formula is C24H45NO8SSi. The van der Waals surface area contributed by atoms with Crippen LogP contribution in [0.1, 0.15) is 40.5 Å². The monoisotopic (exact) mass is 535 g/mol. The van der Waals surface area contributed by atoms with E-state index in [4.69, 9.17) is 27.5 Å². The fourth-order valence-corrected chi connectivity index (χ4v) is 6.24. The van der Waals surface area contributed by atoms with Crippen molar-refractivity contribution < 1.29 is 37.1 Å². The maximum absolute atomic E-state index is 12.3. The number of carbonyl (C=O) groups excluding carboxylic acids is 2. The van der Waals surface area contributed by atoms with E-state index in [1.54, 1.807) is 12.2 Å². The van der Waals surface area contributed by atoms with Gasteiger partial charge in [0.15, 0.2) is 0 Å². The molecule has 11 heteroatoms. The molecule has 0 heterocycles. The normalized spacial score (nSPS) is 11.8. The molecule has 0 radical (unpaired) electrons. The van der Waals surface area contributed by atoms with Gasteiger partial charge in [0.1, 0.15) is 12.4 Å². The van der Waals surface area contributed by atoms with Gasteiger partial charge < -0.3 is 32.8 Å². The first-order chi connectivity index (χ1) is 16.9. The Kier molecular flexibility index (Phi) is 20.2. The number of hydrogen-bond donors (Lipinski definition) is 1. The van der Waals surface area contributed by atoms with Gasteiger partial charge in [-0.05, 0) is 33.6 Å². The average Bonchev–Trinajstić information content (AvgIpc) is 2.84. The lowest BCUT2D eigenvalue weighted by Crippen LogP contribution is -2.46. The Morgan fingerprint density at radius 2 is 1.46 bits per heavy atom. The number of hydrogen-bond acceptors (Lipinski definition) is 9. The predicted molar refractivity (Wildman–Crippen MR) is 142 cm³/mol. The molecule has 0 saturated heterocycles. The standard InChI is InChI=1S/C24H45NO8SSi/c1-7-15-28-19-24(9-3,20-29-16-8-2)21-30-22(26)18-34-23(27)25-14-13-17-35(31-10-4,32-11-5)33-12-6/h7-8H,1-2,9-21H2,3-6H3,(H,25,27). The zero-order chi connectivity index (χ0) is 26.4. The molecule has 204 valence electrons. The third-order valence-electron chi connectivity index (χ3n) is 4.92. The van der Waals surface area contributed by atoms with Crippen LogP contribution in [0.2, 0.25) is 6.04 Å². The smallest absolute Gasteiger partial charge is 0.464 e. The van der Waals surface area contributed by atoms with Crippen LogP contribution in [-0.2, 0) is 32.3 Å². The molecular weight excluding hydrogens is 490 g/mol. The van der Waals surface area contributed by atoms with E-state index >= 15 is 0 Å². The van der Waals surface area contributed by atoms with Crippen LogP contribution in [0.25, 0.3) is 0 Å². The lowest BCUT2D eigenvalue weighted by Gasteiger charge is -2.31. The fourth-order valence-electron chi connectivity index (χ4n) is 3.10. The fraction of sp³-hybridized carbons (Fsp3) is 0.750. The maximum Gasteiger partial charge on any atom is 0.500 e. The molecule has 0 aliphatic rings. The number of rotatable bonds is 23. The zero-order valence-electron chi connectivity index (χ0n) is 21.9. The van der Waals surface area contributed by atoms with E-state index in [9.17, 15) is 9.59 Å². The van der Waals surface area contributed by atoms with Crippen molar-refractivity contribution in [1.82, 2.24) is 5.32 Å². The van der Waals surface area contributed by atoms with E-state index in [0.29, 0.717) is 71.7 Å². The second kappa shape index (κ2) is 20.9. The molecule has 0 aliphatic heterocycles. The van der Waals surface area contributed by atoms with E-state index in [1.165, 1.54) is 0 Å². The van der Waals surface area contributed by atoms with Crippen molar-refractivity contribution in [3.05, 3.63) is 25.3 Å². The molecule has 0 saturated carbocycles. The van der Waals surface area contributed by atoms with Crippen LogP contribution >= 0.6 is 11.8 Å². The van der Waals surface area contributed by atoms with E-state index < -0.39 is 20.2 Å². The van der Waals surface area contributed by atoms with Crippen LogP contribution < -0.4 is 5.32 Å². The number of carbonyl (C=O) groups is 2. The van der Waals surface area contributed by atoms with Gasteiger partial charge in [-0.2, -0.15) is 0 Å². The molecule has 0 aromatic rings. The minimum Gasteiger partial charge on any atom is -0.464 e. The van der Waals surface area contributed by atoms with Crippen molar-refractivity contribution in [1.29, 1.82) is 0 Å². The van der Waals surface area contributed by atoms with Gasteiger partial charge in [-0.3, -0.25) is 9.59 Å². The summed E-state index contributed by atoms with van der Waals surface area (Å²) in [6.07, 6.45) is 4.67. The summed E-state index contributed by atoms with van der Waals surface area (Å²) in [6, 6.07) is 0.608. The highest BCUT2D eigenvalue weighted by Gasteiger charge is 2.39. The van der Waals surface area contributed by atoms with Crippen molar-refractivity contribution in [2.24, 2.45) is 5.41 Å². The van der Waals surface area contributed by atoms with E-state index in [2.05, 4.69) is 18.5 Å². The van der Waals surface area contributed by atoms with Crippen LogP contribution in [0, 0.1) is 5.41 Å². The molecule has 0 spiro atoms. The summed E-state index contributed by atoms with van der Waals surface area (Å²) >= 11 is 0.878. The van der Waals surface area contributed by atoms with Crippen LogP contribution in [0.5, 0.6) is 0 Å². The molecule has 0 rings (SSSR count). The first-order valence-corrected chi connectivity index (χ1v) is 15.1. The zero-order valence-corrected chi connectivity index (χ0v) is 23.8. The largest absolute Gasteiger partial charge is 0.500 e. The summed E-state index contributed by atoms with van der Waals surface area (Å²) in [4.78, 5) is 24.4. The average molecular weight is 536 g/mol. The van der Waals surface area contributed by atoms with Crippen molar-refractivity contribution in [2.75, 3.05) is 65.2 Å². The SMILES string of the molecule is C=CCOCC(CC)(COCC=C)COC(=O)CSC(=O)NCCC[Si](OCC)(OCC)OCC. The number of amides is 1. The first-order valence-electron chi connectivity index (χ1n) is 12.2. The number of esters is 1. The van der Waals surface area contributed by atoms with Crippen LogP contribution in [0.15, 0.2) is 25.3 Å². The summed E-state index contributed by atoms with van der Waals surface area (Å²) in [5, 5.41) is 2.51. The van der Waals surface area contributed by atoms with Crippen LogP contribution in [0.4, 0.5) is 4.79 Å². The van der Waals surface area contributed by atoms with Crippen molar-refractivity contribution >= 4 is 31.8 Å². The van der Waals surface area contributed by atoms with E-state index in [0.717, 1.165) is 11.8 Å². The topological polar surface area (TPSA) is 102 Å². The van der Waals surface area contributed by atoms with Crippen molar-refractivity contribution in [2.45, 2.75) is 46.6 Å². The summed E-state index contributed by atoms with van der Waals surface area (Å²) in [6.45, 7) is 18.6. The molecule has 0 aromatic heterocycles. The summed E-state index contributed by atoms with van der Waals surface area (Å²) in [5.41, 5.74) is -0.479. The molecule has 0 atom stereocenters. The lowest BCUT2D eigenvalue weighted by atomic mass is 9.88. The molecule has 0 bridgehead atoms. The molecule has 0 unspecified atom stereocenters. The molecule has 0 fully saturated rings. The summed E-state index contributed by atoms with van der Waals surface area (Å²) in [5.74, 6) is -0.548. The van der Waals surface area contributed by atoms with Gasteiger partial charge in [0.25, 0.3) is 5.24 Å². The highest BCUT2D eigenvalue weighted by Crippen LogP contribution is 2.24. The molecule has 9 nitrogen and oxygen atoms in total. The van der Waals surface area contributed by atoms with Crippen LogP contribution in [-0.4, -0.2) is 85.2 Å². The quantitative estimate of drug-likeness (QED) is 0.0892. The minimum absolute atomic E-state index is 0.0812. The number of thioether (sulfide) groups is 1. The van der Waals surface area contributed by atoms with Gasteiger partial charge in [0.05, 0.1) is 31.8 Å². The molecule has 0 aliphatic carbocycles. The summed E-state index contributed by atoms with van der Waals surface area (Å²) < 4.78 is 34.1. The maximum atomic E-state index is 12.3.